The van der Waals surface area contributed by atoms with E-state index in [0.29, 0.717) is 42.5 Å². The summed E-state index contributed by atoms with van der Waals surface area (Å²) >= 11 is 6.57. The molecule has 0 aliphatic heterocycles. The molecule has 2 N–H and O–H groups in total. The summed E-state index contributed by atoms with van der Waals surface area (Å²) in [6.45, 7) is 3.07. The summed E-state index contributed by atoms with van der Waals surface area (Å²) in [6, 6.07) is 5.25. The van der Waals surface area contributed by atoms with Crippen LogP contribution in [-0.4, -0.2) is 44.4 Å². The van der Waals surface area contributed by atoms with E-state index >= 15 is 0 Å². The van der Waals surface area contributed by atoms with Crippen LogP contribution in [-0.2, 0) is 50.1 Å². The second-order valence-electron chi connectivity index (χ2n) is 11.9. The number of carbonyl (C=O) groups is 1. The number of nitrogens with zero attached hydrogens (tertiary/aromatic N) is 5. The Morgan fingerprint density at radius 3 is 2.13 bits per heavy atom. The van der Waals surface area contributed by atoms with Gasteiger partial charge in [0.1, 0.15) is 0 Å². The van der Waals surface area contributed by atoms with E-state index in [1.54, 1.807) is 6.07 Å². The molecule has 4 rings (SSSR count). The maximum atomic E-state index is 13.6. The summed E-state index contributed by atoms with van der Waals surface area (Å²) < 4.78 is 81.5. The Morgan fingerprint density at radius 2 is 1.59 bits per heavy atom. The lowest BCUT2D eigenvalue weighted by Crippen LogP contribution is -2.29. The Balaban J connectivity index is 1.54. The van der Waals surface area contributed by atoms with Crippen molar-refractivity contribution in [3.8, 4) is 0 Å². The van der Waals surface area contributed by atoms with Crippen LogP contribution >= 0.6 is 11.6 Å². The van der Waals surface area contributed by atoms with Crippen LogP contribution in [0.1, 0.15) is 72.4 Å². The molecule has 1 aromatic heterocycles. The summed E-state index contributed by atoms with van der Waals surface area (Å²) in [5.74, 6) is -0.0538. The third-order valence-electron chi connectivity index (χ3n) is 8.35. The topological polar surface area (TPSA) is 96.2 Å². The van der Waals surface area contributed by atoms with Gasteiger partial charge in [0.05, 0.1) is 18.2 Å². The fourth-order valence-corrected chi connectivity index (χ4v) is 6.23. The lowest BCUT2D eigenvalue weighted by atomic mass is 9.80. The lowest BCUT2D eigenvalue weighted by molar-refractivity contribution is -0.143. The third-order valence-corrected chi connectivity index (χ3v) is 8.70. The largest absolute Gasteiger partial charge is 0.481 e. The number of tetrazole rings is 1. The number of nitrogens with one attached hydrogen (secondary N) is 1. The van der Waals surface area contributed by atoms with Crippen molar-refractivity contribution in [2.75, 3.05) is 18.0 Å². The molecule has 0 spiro atoms. The molecule has 46 heavy (non-hydrogen) atoms. The average Bonchev–Trinajstić information content (AvgIpc) is 3.41. The van der Waals surface area contributed by atoms with Crippen LogP contribution in [0.2, 0.25) is 5.02 Å². The molecule has 0 amide bonds. The number of anilines is 1. The molecule has 15 heteroatoms. The number of carboxylic acids is 1. The summed E-state index contributed by atoms with van der Waals surface area (Å²) in [7, 11) is 1.50. The number of benzene rings is 2. The molecule has 1 aliphatic carbocycles. The minimum atomic E-state index is -4.98. The summed E-state index contributed by atoms with van der Waals surface area (Å²) in [6.07, 6.45) is -4.79. The Kier molecular flexibility index (Phi) is 11.6. The standard InChI is InChI=1S/C31H37ClF6N6O2/c1-3-22-13-23(8-9-39-16-20-6-4-19(5-7-20)12-28(45)46)24(14-27(22)32)18-44(29-40-42-43(2)41-29)17-21-10-25(30(33,34)35)15-26(11-21)31(36,37)38/h10-11,13-15,19-20,39H,3-9,12,16-18H2,1-2H3,(H,45,46). The number of aliphatic carboxylic acids is 1. The van der Waals surface area contributed by atoms with Crippen molar-refractivity contribution in [2.24, 2.45) is 18.9 Å². The van der Waals surface area contributed by atoms with E-state index in [4.69, 9.17) is 16.7 Å². The molecular formula is C31H37ClF6N6O2. The summed E-state index contributed by atoms with van der Waals surface area (Å²) in [5.41, 5.74) is -0.452. The molecule has 252 valence electrons. The number of aryl methyl sites for hydroxylation is 2. The van der Waals surface area contributed by atoms with Gasteiger partial charge in [0.15, 0.2) is 0 Å². The van der Waals surface area contributed by atoms with Gasteiger partial charge < -0.3 is 15.3 Å². The van der Waals surface area contributed by atoms with Crippen LogP contribution in [0, 0.1) is 11.8 Å². The second-order valence-corrected chi connectivity index (χ2v) is 12.3. The first-order chi connectivity index (χ1) is 21.6. The summed E-state index contributed by atoms with van der Waals surface area (Å²) in [5, 5.41) is 25.0. The Labute approximate surface area is 268 Å². The van der Waals surface area contributed by atoms with E-state index in [1.807, 2.05) is 13.0 Å². The summed E-state index contributed by atoms with van der Waals surface area (Å²) in [4.78, 5) is 13.6. The number of alkyl halides is 6. The molecule has 1 fully saturated rings. The van der Waals surface area contributed by atoms with Crippen molar-refractivity contribution in [1.29, 1.82) is 0 Å². The van der Waals surface area contributed by atoms with Gasteiger partial charge in [-0.15, -0.1) is 5.10 Å². The van der Waals surface area contributed by atoms with Crippen molar-refractivity contribution in [2.45, 2.75) is 77.3 Å². The van der Waals surface area contributed by atoms with Gasteiger partial charge in [-0.2, -0.15) is 31.1 Å². The van der Waals surface area contributed by atoms with Gasteiger partial charge in [-0.1, -0.05) is 29.7 Å². The Morgan fingerprint density at radius 1 is 0.957 bits per heavy atom. The second kappa shape index (κ2) is 15.0. The monoisotopic (exact) mass is 674 g/mol. The highest BCUT2D eigenvalue weighted by molar-refractivity contribution is 6.31. The van der Waals surface area contributed by atoms with E-state index in [9.17, 15) is 31.1 Å². The van der Waals surface area contributed by atoms with Gasteiger partial charge in [0, 0.05) is 24.5 Å². The smallest absolute Gasteiger partial charge is 0.416 e. The predicted molar refractivity (Wildman–Crippen MR) is 160 cm³/mol. The van der Waals surface area contributed by atoms with Crippen LogP contribution in [0.25, 0.3) is 0 Å². The van der Waals surface area contributed by atoms with Gasteiger partial charge in [0.25, 0.3) is 5.95 Å². The number of hydrogen-bond donors (Lipinski definition) is 2. The maximum absolute atomic E-state index is 13.6. The van der Waals surface area contributed by atoms with Crippen LogP contribution < -0.4 is 10.2 Å². The molecule has 1 aliphatic rings. The highest BCUT2D eigenvalue weighted by Crippen LogP contribution is 2.37. The first kappa shape index (κ1) is 35.5. The first-order valence-electron chi connectivity index (χ1n) is 15.1. The van der Waals surface area contributed by atoms with Gasteiger partial charge in [-0.25, -0.2) is 0 Å². The molecule has 1 heterocycles. The SMILES string of the molecule is CCc1cc(CCNCC2CCC(CC(=O)O)CC2)c(CN(Cc2cc(C(F)(F)F)cc(C(F)(F)F)c2)c2nnn(C)n2)cc1Cl. The molecule has 0 unspecified atom stereocenters. The third kappa shape index (κ3) is 9.81. The fraction of sp³-hybridized carbons (Fsp3) is 0.548. The van der Waals surface area contributed by atoms with Gasteiger partial charge in [0.2, 0.25) is 0 Å². The predicted octanol–water partition coefficient (Wildman–Crippen LogP) is 7.08. The van der Waals surface area contributed by atoms with Gasteiger partial charge in [-0.05, 0) is 115 Å². The zero-order valence-corrected chi connectivity index (χ0v) is 26.3. The van der Waals surface area contributed by atoms with Crippen molar-refractivity contribution in [1.82, 2.24) is 25.5 Å². The quantitative estimate of drug-likeness (QED) is 0.148. The van der Waals surface area contributed by atoms with E-state index in [1.165, 1.54) is 11.9 Å². The number of aromatic nitrogens is 4. The molecule has 0 radical (unpaired) electrons. The van der Waals surface area contributed by atoms with Crippen LogP contribution in [0.15, 0.2) is 30.3 Å². The van der Waals surface area contributed by atoms with Crippen molar-refractivity contribution >= 4 is 23.5 Å². The maximum Gasteiger partial charge on any atom is 0.416 e. The molecule has 8 nitrogen and oxygen atoms in total. The van der Waals surface area contributed by atoms with E-state index in [0.717, 1.165) is 53.7 Å². The highest BCUT2D eigenvalue weighted by atomic mass is 35.5. The first-order valence-corrected chi connectivity index (χ1v) is 15.5. The molecule has 0 bridgehead atoms. The number of rotatable bonds is 13. The molecule has 3 aromatic rings. The molecule has 2 aromatic carbocycles. The number of halogens is 7. The van der Waals surface area contributed by atoms with Crippen molar-refractivity contribution < 1.29 is 36.2 Å². The molecule has 0 saturated heterocycles. The van der Waals surface area contributed by atoms with Crippen LogP contribution in [0.5, 0.6) is 0 Å². The van der Waals surface area contributed by atoms with E-state index < -0.39 is 29.4 Å². The highest BCUT2D eigenvalue weighted by Gasteiger charge is 2.37. The Hall–Kier alpha value is -3.39. The zero-order chi connectivity index (χ0) is 33.6. The normalized spacial score (nSPS) is 17.3. The Bertz CT molecular complexity index is 1450. The molecular weight excluding hydrogens is 638 g/mol. The van der Waals surface area contributed by atoms with Gasteiger partial charge >= 0.3 is 18.3 Å². The molecule has 0 atom stereocenters. The van der Waals surface area contributed by atoms with Crippen molar-refractivity contribution in [3.63, 3.8) is 0 Å². The van der Waals surface area contributed by atoms with E-state index in [2.05, 4.69) is 20.7 Å². The van der Waals surface area contributed by atoms with Crippen LogP contribution in [0.4, 0.5) is 32.3 Å². The van der Waals surface area contributed by atoms with Gasteiger partial charge in [-0.3, -0.25) is 4.79 Å². The minimum Gasteiger partial charge on any atom is -0.481 e. The minimum absolute atomic E-state index is 0.0340. The van der Waals surface area contributed by atoms with Crippen LogP contribution in [0.3, 0.4) is 0 Å². The van der Waals surface area contributed by atoms with Crippen molar-refractivity contribution in [3.05, 3.63) is 68.7 Å². The lowest BCUT2D eigenvalue weighted by Gasteiger charge is -2.28. The van der Waals surface area contributed by atoms with E-state index in [-0.39, 0.29) is 43.0 Å². The number of carboxylic acid groups (broad SMARTS) is 1. The fourth-order valence-electron chi connectivity index (χ4n) is 5.91. The zero-order valence-electron chi connectivity index (χ0n) is 25.6. The molecule has 1 saturated carbocycles. The average molecular weight is 675 g/mol. The number of hydrogen-bond acceptors (Lipinski definition) is 6.